The fraction of sp³-hybridized carbons (Fsp3) is 0. The third-order valence-corrected chi connectivity index (χ3v) is 3.18. The summed E-state index contributed by atoms with van der Waals surface area (Å²) in [4.78, 5) is 19.4. The van der Waals surface area contributed by atoms with Crippen LogP contribution in [0.15, 0.2) is 67.3 Å². The lowest BCUT2D eigenvalue weighted by Gasteiger charge is -2.12. The maximum absolute atomic E-state index is 11.4. The predicted molar refractivity (Wildman–Crippen MR) is 78.3 cm³/mol. The van der Waals surface area contributed by atoms with Gasteiger partial charge in [-0.25, -0.2) is 0 Å². The Morgan fingerprint density at radius 2 is 1.35 bits per heavy atom. The minimum Gasteiger partial charge on any atom is -0.298 e. The Kier molecular flexibility index (Phi) is 3.33. The normalized spacial score (nSPS) is 10.2. The Bertz CT molecular complexity index is 724. The summed E-state index contributed by atoms with van der Waals surface area (Å²) in [5, 5.41) is 0. The zero-order chi connectivity index (χ0) is 13.8. The number of aromatic nitrogens is 2. The highest BCUT2D eigenvalue weighted by atomic mass is 16.1. The number of carbonyl (C=O) groups is 1. The number of rotatable bonds is 3. The number of carbonyl (C=O) groups excluding carboxylic acids is 1. The van der Waals surface area contributed by atoms with Crippen LogP contribution in [0.5, 0.6) is 0 Å². The summed E-state index contributed by atoms with van der Waals surface area (Å²) in [5.41, 5.74) is 4.63. The molecule has 0 saturated heterocycles. The van der Waals surface area contributed by atoms with E-state index in [2.05, 4.69) is 9.97 Å². The molecule has 0 N–H and O–H groups in total. The van der Waals surface area contributed by atoms with Gasteiger partial charge in [0.05, 0.1) is 0 Å². The predicted octanol–water partition coefficient (Wildman–Crippen LogP) is 3.62. The van der Waals surface area contributed by atoms with E-state index in [1.807, 2.05) is 42.5 Å². The summed E-state index contributed by atoms with van der Waals surface area (Å²) < 4.78 is 0. The monoisotopic (exact) mass is 260 g/mol. The Hall–Kier alpha value is -2.81. The van der Waals surface area contributed by atoms with E-state index < -0.39 is 0 Å². The molecular weight excluding hydrogens is 248 g/mol. The molecule has 3 nitrogen and oxygen atoms in total. The molecule has 96 valence electrons. The number of hydrogen-bond donors (Lipinski definition) is 0. The molecule has 0 aliphatic rings. The van der Waals surface area contributed by atoms with Gasteiger partial charge in [-0.3, -0.25) is 14.8 Å². The summed E-state index contributed by atoms with van der Waals surface area (Å²) in [6.07, 6.45) is 7.85. The van der Waals surface area contributed by atoms with Gasteiger partial charge in [0.1, 0.15) is 0 Å². The zero-order valence-electron chi connectivity index (χ0n) is 10.7. The molecule has 0 atom stereocenters. The second kappa shape index (κ2) is 5.45. The van der Waals surface area contributed by atoms with E-state index in [1.54, 1.807) is 24.8 Å². The lowest BCUT2D eigenvalue weighted by atomic mass is 9.92. The van der Waals surface area contributed by atoms with Crippen molar-refractivity contribution in [1.82, 2.24) is 9.97 Å². The number of benzene rings is 1. The largest absolute Gasteiger partial charge is 0.298 e. The van der Waals surface area contributed by atoms with Crippen LogP contribution in [0.3, 0.4) is 0 Å². The van der Waals surface area contributed by atoms with Crippen molar-refractivity contribution in [2.75, 3.05) is 0 Å². The van der Waals surface area contributed by atoms with Crippen molar-refractivity contribution < 1.29 is 4.79 Å². The zero-order valence-corrected chi connectivity index (χ0v) is 10.7. The quantitative estimate of drug-likeness (QED) is 0.675. The van der Waals surface area contributed by atoms with Crippen molar-refractivity contribution in [2.24, 2.45) is 0 Å². The molecule has 0 aliphatic heterocycles. The van der Waals surface area contributed by atoms with Crippen LogP contribution in [0.4, 0.5) is 0 Å². The fourth-order valence-electron chi connectivity index (χ4n) is 2.28. The van der Waals surface area contributed by atoms with E-state index in [1.165, 1.54) is 0 Å². The molecule has 0 unspecified atom stereocenters. The first-order valence-corrected chi connectivity index (χ1v) is 6.29. The molecule has 3 rings (SSSR count). The summed E-state index contributed by atoms with van der Waals surface area (Å²) in [5.74, 6) is 0. The topological polar surface area (TPSA) is 42.9 Å². The molecule has 2 aromatic heterocycles. The van der Waals surface area contributed by atoms with Crippen LogP contribution in [0.1, 0.15) is 10.4 Å². The Labute approximate surface area is 117 Å². The van der Waals surface area contributed by atoms with Gasteiger partial charge in [-0.05, 0) is 41.0 Å². The Morgan fingerprint density at radius 3 is 1.95 bits per heavy atom. The van der Waals surface area contributed by atoms with Gasteiger partial charge in [0.2, 0.25) is 0 Å². The lowest BCUT2D eigenvalue weighted by Crippen LogP contribution is -1.92. The summed E-state index contributed by atoms with van der Waals surface area (Å²) in [7, 11) is 0. The number of pyridine rings is 2. The molecule has 0 amide bonds. The molecule has 20 heavy (non-hydrogen) atoms. The van der Waals surface area contributed by atoms with Gasteiger partial charge in [-0.1, -0.05) is 18.2 Å². The second-order valence-corrected chi connectivity index (χ2v) is 4.36. The van der Waals surface area contributed by atoms with E-state index in [0.717, 1.165) is 28.5 Å². The SMILES string of the molecule is O=Cc1cccc(-c2ccncc2)c1-c1ccncc1. The number of nitrogens with zero attached hydrogens (tertiary/aromatic N) is 2. The van der Waals surface area contributed by atoms with Gasteiger partial charge in [0.15, 0.2) is 6.29 Å². The molecule has 2 heterocycles. The van der Waals surface area contributed by atoms with E-state index >= 15 is 0 Å². The molecule has 0 aliphatic carbocycles. The molecule has 0 radical (unpaired) electrons. The maximum Gasteiger partial charge on any atom is 0.150 e. The first kappa shape index (κ1) is 12.2. The van der Waals surface area contributed by atoms with Crippen LogP contribution in [-0.4, -0.2) is 16.3 Å². The van der Waals surface area contributed by atoms with Crippen LogP contribution in [0.25, 0.3) is 22.3 Å². The Morgan fingerprint density at radius 1 is 0.750 bits per heavy atom. The van der Waals surface area contributed by atoms with Gasteiger partial charge in [-0.2, -0.15) is 0 Å². The molecule has 3 heteroatoms. The fourth-order valence-corrected chi connectivity index (χ4v) is 2.28. The summed E-state index contributed by atoms with van der Waals surface area (Å²) in [6, 6.07) is 13.4. The maximum atomic E-state index is 11.4. The third kappa shape index (κ3) is 2.21. The summed E-state index contributed by atoms with van der Waals surface area (Å²) in [6.45, 7) is 0. The van der Waals surface area contributed by atoms with Crippen molar-refractivity contribution in [3.8, 4) is 22.3 Å². The van der Waals surface area contributed by atoms with Gasteiger partial charge in [-0.15, -0.1) is 0 Å². The van der Waals surface area contributed by atoms with Crippen molar-refractivity contribution in [2.45, 2.75) is 0 Å². The molecule has 3 aromatic rings. The van der Waals surface area contributed by atoms with Gasteiger partial charge in [0, 0.05) is 35.9 Å². The van der Waals surface area contributed by atoms with Gasteiger partial charge < -0.3 is 0 Å². The second-order valence-electron chi connectivity index (χ2n) is 4.36. The third-order valence-electron chi connectivity index (χ3n) is 3.18. The molecular formula is C17H12N2O. The van der Waals surface area contributed by atoms with Crippen molar-refractivity contribution in [3.05, 3.63) is 72.8 Å². The number of hydrogen-bond acceptors (Lipinski definition) is 3. The van der Waals surface area contributed by atoms with Crippen LogP contribution in [-0.2, 0) is 0 Å². The lowest BCUT2D eigenvalue weighted by molar-refractivity contribution is 0.112. The van der Waals surface area contributed by atoms with E-state index in [-0.39, 0.29) is 0 Å². The highest BCUT2D eigenvalue weighted by Gasteiger charge is 2.11. The highest BCUT2D eigenvalue weighted by Crippen LogP contribution is 2.33. The van der Waals surface area contributed by atoms with Crippen LogP contribution in [0, 0.1) is 0 Å². The minimum atomic E-state index is 0.672. The van der Waals surface area contributed by atoms with Crippen molar-refractivity contribution in [3.63, 3.8) is 0 Å². The molecule has 0 saturated carbocycles. The highest BCUT2D eigenvalue weighted by molar-refractivity contribution is 5.95. The summed E-state index contributed by atoms with van der Waals surface area (Å²) >= 11 is 0. The van der Waals surface area contributed by atoms with Crippen LogP contribution >= 0.6 is 0 Å². The van der Waals surface area contributed by atoms with E-state index in [0.29, 0.717) is 5.56 Å². The van der Waals surface area contributed by atoms with Crippen LogP contribution < -0.4 is 0 Å². The van der Waals surface area contributed by atoms with E-state index in [9.17, 15) is 4.79 Å². The average molecular weight is 260 g/mol. The van der Waals surface area contributed by atoms with Gasteiger partial charge in [0.25, 0.3) is 0 Å². The first-order chi connectivity index (χ1) is 9.90. The van der Waals surface area contributed by atoms with Crippen LogP contribution in [0.2, 0.25) is 0 Å². The smallest absolute Gasteiger partial charge is 0.150 e. The van der Waals surface area contributed by atoms with Crippen molar-refractivity contribution >= 4 is 6.29 Å². The standard InChI is InChI=1S/C17H12N2O/c20-12-15-2-1-3-16(13-4-8-18-9-5-13)17(15)14-6-10-19-11-7-14/h1-12H. The van der Waals surface area contributed by atoms with Crippen molar-refractivity contribution in [1.29, 1.82) is 0 Å². The molecule has 0 fully saturated rings. The molecule has 0 spiro atoms. The number of aldehydes is 1. The molecule has 1 aromatic carbocycles. The first-order valence-electron chi connectivity index (χ1n) is 6.29. The Balaban J connectivity index is 2.29. The van der Waals surface area contributed by atoms with E-state index in [4.69, 9.17) is 0 Å². The average Bonchev–Trinajstić information content (AvgIpc) is 2.55. The minimum absolute atomic E-state index is 0.672. The molecule has 0 bridgehead atoms. The van der Waals surface area contributed by atoms with Gasteiger partial charge >= 0.3 is 0 Å².